The number of hydrogen-bond acceptors (Lipinski definition) is 4. The standard InChI is InChI=1S/C15H20ClN3OS/c1-11(21-14-5-3-12(16)4-6-14)15(20)18-17-13-7-9-19(2)10-8-13/h3-6,11H,7-10H2,1-2H3,(H,18,20)/t11-/m1/s1. The number of hydrogen-bond donors (Lipinski definition) is 1. The molecule has 0 saturated carbocycles. The van der Waals surface area contributed by atoms with Crippen LogP contribution in [-0.2, 0) is 4.79 Å². The Morgan fingerprint density at radius 3 is 2.57 bits per heavy atom. The maximum atomic E-state index is 12.0. The zero-order valence-corrected chi connectivity index (χ0v) is 13.9. The Hall–Kier alpha value is -1.04. The molecule has 1 fully saturated rings. The molecule has 1 aliphatic heterocycles. The lowest BCUT2D eigenvalue weighted by Crippen LogP contribution is -2.33. The van der Waals surface area contributed by atoms with E-state index in [4.69, 9.17) is 11.6 Å². The summed E-state index contributed by atoms with van der Waals surface area (Å²) in [5, 5.41) is 4.76. The number of piperidine rings is 1. The van der Waals surface area contributed by atoms with Crippen LogP contribution >= 0.6 is 23.4 Å². The average molecular weight is 326 g/mol. The molecule has 1 saturated heterocycles. The maximum absolute atomic E-state index is 12.0. The smallest absolute Gasteiger partial charge is 0.253 e. The average Bonchev–Trinajstić information content (AvgIpc) is 2.48. The number of hydrazone groups is 1. The number of benzene rings is 1. The van der Waals surface area contributed by atoms with Crippen LogP contribution in [0.4, 0.5) is 0 Å². The van der Waals surface area contributed by atoms with Crippen LogP contribution in [0.3, 0.4) is 0 Å². The van der Waals surface area contributed by atoms with E-state index in [-0.39, 0.29) is 11.2 Å². The van der Waals surface area contributed by atoms with Crippen molar-refractivity contribution in [3.8, 4) is 0 Å². The summed E-state index contributed by atoms with van der Waals surface area (Å²) in [6, 6.07) is 7.49. The van der Waals surface area contributed by atoms with Gasteiger partial charge in [0.15, 0.2) is 0 Å². The molecular weight excluding hydrogens is 306 g/mol. The molecule has 4 nitrogen and oxygen atoms in total. The zero-order chi connectivity index (χ0) is 15.2. The van der Waals surface area contributed by atoms with E-state index < -0.39 is 0 Å². The second kappa shape index (κ2) is 7.82. The fourth-order valence-electron chi connectivity index (χ4n) is 1.98. The Morgan fingerprint density at radius 1 is 1.33 bits per heavy atom. The van der Waals surface area contributed by atoms with E-state index in [1.807, 2.05) is 31.2 Å². The number of amides is 1. The minimum absolute atomic E-state index is 0.0682. The lowest BCUT2D eigenvalue weighted by atomic mass is 10.1. The third-order valence-electron chi connectivity index (χ3n) is 3.38. The minimum atomic E-state index is -0.193. The maximum Gasteiger partial charge on any atom is 0.253 e. The van der Waals surface area contributed by atoms with Crippen molar-refractivity contribution >= 4 is 35.0 Å². The third-order valence-corrected chi connectivity index (χ3v) is 4.75. The molecule has 1 N–H and O–H groups in total. The monoisotopic (exact) mass is 325 g/mol. The van der Waals surface area contributed by atoms with Gasteiger partial charge in [0.1, 0.15) is 0 Å². The molecule has 0 bridgehead atoms. The Kier molecular flexibility index (Phi) is 6.08. The van der Waals surface area contributed by atoms with Gasteiger partial charge < -0.3 is 4.90 Å². The first-order chi connectivity index (χ1) is 10.0. The van der Waals surface area contributed by atoms with Crippen molar-refractivity contribution < 1.29 is 4.79 Å². The van der Waals surface area contributed by atoms with Crippen LogP contribution in [0.25, 0.3) is 0 Å². The SMILES string of the molecule is C[C@@H](Sc1ccc(Cl)cc1)C(=O)NN=C1CCN(C)CC1. The fraction of sp³-hybridized carbons (Fsp3) is 0.467. The molecule has 0 aromatic heterocycles. The van der Waals surface area contributed by atoms with E-state index in [9.17, 15) is 4.79 Å². The molecule has 0 radical (unpaired) electrons. The summed E-state index contributed by atoms with van der Waals surface area (Å²) in [7, 11) is 2.10. The molecule has 6 heteroatoms. The van der Waals surface area contributed by atoms with Gasteiger partial charge in [-0.1, -0.05) is 11.6 Å². The summed E-state index contributed by atoms with van der Waals surface area (Å²) in [4.78, 5) is 15.3. The van der Waals surface area contributed by atoms with Gasteiger partial charge >= 0.3 is 0 Å². The lowest BCUT2D eigenvalue weighted by molar-refractivity contribution is -0.120. The first-order valence-corrected chi connectivity index (χ1v) is 8.26. The van der Waals surface area contributed by atoms with Crippen molar-refractivity contribution in [1.82, 2.24) is 10.3 Å². The molecule has 114 valence electrons. The Labute approximate surface area is 134 Å². The van der Waals surface area contributed by atoms with E-state index in [0.717, 1.165) is 36.5 Å². The molecule has 2 rings (SSSR count). The van der Waals surface area contributed by atoms with E-state index >= 15 is 0 Å². The fourth-order valence-corrected chi connectivity index (χ4v) is 2.97. The van der Waals surface area contributed by atoms with Crippen LogP contribution in [-0.4, -0.2) is 41.9 Å². The highest BCUT2D eigenvalue weighted by Crippen LogP contribution is 2.24. The highest BCUT2D eigenvalue weighted by Gasteiger charge is 2.15. The normalized spacial score (nSPS) is 17.4. The molecule has 1 aromatic carbocycles. The molecule has 1 aliphatic rings. The summed E-state index contributed by atoms with van der Waals surface area (Å²) in [6.45, 7) is 3.89. The summed E-state index contributed by atoms with van der Waals surface area (Å²) < 4.78 is 0. The van der Waals surface area contributed by atoms with E-state index in [0.29, 0.717) is 5.02 Å². The summed E-state index contributed by atoms with van der Waals surface area (Å²) >= 11 is 7.35. The second-order valence-corrected chi connectivity index (χ2v) is 7.02. The van der Waals surface area contributed by atoms with Crippen LogP contribution in [0, 0.1) is 0 Å². The van der Waals surface area contributed by atoms with E-state index in [1.54, 1.807) is 0 Å². The molecule has 1 heterocycles. The highest BCUT2D eigenvalue weighted by atomic mass is 35.5. The zero-order valence-electron chi connectivity index (χ0n) is 12.3. The van der Waals surface area contributed by atoms with Crippen molar-refractivity contribution in [2.45, 2.75) is 29.9 Å². The van der Waals surface area contributed by atoms with Crippen LogP contribution in [0.2, 0.25) is 5.02 Å². The predicted molar refractivity (Wildman–Crippen MR) is 89.1 cm³/mol. The first-order valence-electron chi connectivity index (χ1n) is 7.00. The molecule has 0 unspecified atom stereocenters. The van der Waals surface area contributed by atoms with Crippen molar-refractivity contribution in [3.05, 3.63) is 29.3 Å². The van der Waals surface area contributed by atoms with Gasteiger partial charge in [0.25, 0.3) is 5.91 Å². The van der Waals surface area contributed by atoms with Gasteiger partial charge in [0.05, 0.1) is 5.25 Å². The lowest BCUT2D eigenvalue weighted by Gasteiger charge is -2.22. The van der Waals surface area contributed by atoms with Crippen LogP contribution in [0.1, 0.15) is 19.8 Å². The number of carbonyl (C=O) groups is 1. The van der Waals surface area contributed by atoms with Crippen LogP contribution in [0.15, 0.2) is 34.3 Å². The largest absolute Gasteiger partial charge is 0.306 e. The van der Waals surface area contributed by atoms with Gasteiger partial charge in [0, 0.05) is 41.6 Å². The van der Waals surface area contributed by atoms with Crippen LogP contribution in [0.5, 0.6) is 0 Å². The summed E-state index contributed by atoms with van der Waals surface area (Å²) in [6.07, 6.45) is 1.85. The first kappa shape index (κ1) is 16.3. The number of nitrogens with one attached hydrogen (secondary N) is 1. The molecule has 0 aliphatic carbocycles. The van der Waals surface area contributed by atoms with E-state index in [2.05, 4.69) is 22.5 Å². The van der Waals surface area contributed by atoms with Gasteiger partial charge in [-0.05, 0) is 38.2 Å². The molecular formula is C15H20ClN3OS. The molecule has 1 aromatic rings. The number of likely N-dealkylation sites (tertiary alicyclic amines) is 1. The van der Waals surface area contributed by atoms with Crippen LogP contribution < -0.4 is 5.43 Å². The highest BCUT2D eigenvalue weighted by molar-refractivity contribution is 8.00. The number of nitrogens with zero attached hydrogens (tertiary/aromatic N) is 2. The number of halogens is 1. The van der Waals surface area contributed by atoms with Crippen molar-refractivity contribution in [1.29, 1.82) is 0 Å². The minimum Gasteiger partial charge on any atom is -0.306 e. The van der Waals surface area contributed by atoms with Gasteiger partial charge in [0.2, 0.25) is 0 Å². The molecule has 21 heavy (non-hydrogen) atoms. The van der Waals surface area contributed by atoms with Crippen molar-refractivity contribution in [2.24, 2.45) is 5.10 Å². The Balaban J connectivity index is 1.82. The predicted octanol–water partition coefficient (Wildman–Crippen LogP) is 3.02. The third kappa shape index (κ3) is 5.34. The Morgan fingerprint density at radius 2 is 1.95 bits per heavy atom. The molecule has 1 atom stereocenters. The van der Waals surface area contributed by atoms with Gasteiger partial charge in [-0.25, -0.2) is 5.43 Å². The number of rotatable bonds is 4. The quantitative estimate of drug-likeness (QED) is 0.683. The Bertz CT molecular complexity index is 508. The summed E-state index contributed by atoms with van der Waals surface area (Å²) in [5.74, 6) is -0.0682. The molecule has 0 spiro atoms. The van der Waals surface area contributed by atoms with Gasteiger partial charge in [-0.15, -0.1) is 11.8 Å². The molecule has 1 amide bonds. The summed E-state index contributed by atoms with van der Waals surface area (Å²) in [5.41, 5.74) is 3.76. The van der Waals surface area contributed by atoms with Crippen molar-refractivity contribution in [3.63, 3.8) is 0 Å². The topological polar surface area (TPSA) is 44.7 Å². The second-order valence-electron chi connectivity index (χ2n) is 5.17. The number of thioether (sulfide) groups is 1. The van der Waals surface area contributed by atoms with Gasteiger partial charge in [-0.3, -0.25) is 4.79 Å². The van der Waals surface area contributed by atoms with Gasteiger partial charge in [-0.2, -0.15) is 5.10 Å². The number of carbonyl (C=O) groups excluding carboxylic acids is 1. The van der Waals surface area contributed by atoms with E-state index in [1.165, 1.54) is 11.8 Å². The van der Waals surface area contributed by atoms with Crippen molar-refractivity contribution in [2.75, 3.05) is 20.1 Å².